The van der Waals surface area contributed by atoms with Gasteiger partial charge in [-0.25, -0.2) is 0 Å². The minimum absolute atomic E-state index is 0.161. The van der Waals surface area contributed by atoms with Gasteiger partial charge in [-0.1, -0.05) is 11.6 Å². The average Bonchev–Trinajstić information content (AvgIpc) is 3.03. The first-order valence-corrected chi connectivity index (χ1v) is 9.14. The minimum Gasteiger partial charge on any atom is -0.360 e. The van der Waals surface area contributed by atoms with E-state index >= 15 is 0 Å². The lowest BCUT2D eigenvalue weighted by molar-refractivity contribution is -0.132. The van der Waals surface area contributed by atoms with Gasteiger partial charge in [-0.2, -0.15) is 0 Å². The molecule has 0 saturated carbocycles. The third kappa shape index (κ3) is 3.86. The fraction of sp³-hybridized carbons (Fsp3) is 0.722. The Kier molecular flexibility index (Phi) is 5.42. The van der Waals surface area contributed by atoms with E-state index in [1.54, 1.807) is 14.1 Å². The second-order valence-corrected chi connectivity index (χ2v) is 7.37. The molecule has 1 aromatic heterocycles. The number of amides is 2. The molecule has 1 fully saturated rings. The molecule has 138 valence electrons. The first kappa shape index (κ1) is 17.9. The fourth-order valence-corrected chi connectivity index (χ4v) is 3.76. The van der Waals surface area contributed by atoms with Gasteiger partial charge in [0.1, 0.15) is 5.76 Å². The molecular formula is C18H28N4O3. The van der Waals surface area contributed by atoms with Gasteiger partial charge < -0.3 is 19.2 Å². The number of fused-ring (bicyclic) bond motifs is 1. The smallest absolute Gasteiger partial charge is 0.275 e. The van der Waals surface area contributed by atoms with Crippen LogP contribution in [0.1, 0.15) is 53.9 Å². The second kappa shape index (κ2) is 7.56. The molecule has 0 radical (unpaired) electrons. The Morgan fingerprint density at radius 1 is 1.28 bits per heavy atom. The number of aromatic nitrogens is 1. The molecule has 0 aliphatic carbocycles. The Labute approximate surface area is 148 Å². The number of carbonyl (C=O) groups excluding carboxylic acids is 2. The lowest BCUT2D eigenvalue weighted by atomic mass is 9.98. The first-order valence-electron chi connectivity index (χ1n) is 9.14. The summed E-state index contributed by atoms with van der Waals surface area (Å²) in [6, 6.07) is 0.513. The number of rotatable bonds is 4. The standard InChI is InChI=1S/C18H28N4O3/c1-20(2)18(24)17-14-12-22(11-9-15(14)25-19-17)16(23)8-7-13-6-4-5-10-21(13)3/h13H,4-12H2,1-3H3/t13-/m0/s1. The number of hydrogen-bond donors (Lipinski definition) is 0. The lowest BCUT2D eigenvalue weighted by Gasteiger charge is -2.33. The van der Waals surface area contributed by atoms with Gasteiger partial charge >= 0.3 is 0 Å². The van der Waals surface area contributed by atoms with Crippen molar-refractivity contribution in [2.24, 2.45) is 0 Å². The van der Waals surface area contributed by atoms with Crippen LogP contribution in [0, 0.1) is 0 Å². The SMILES string of the molecule is CN(C)C(=O)c1noc2c1CN(C(=O)CC[C@@H]1CCCCN1C)CC2. The van der Waals surface area contributed by atoms with Crippen LogP contribution in [0.25, 0.3) is 0 Å². The highest BCUT2D eigenvalue weighted by atomic mass is 16.5. The summed E-state index contributed by atoms with van der Waals surface area (Å²) >= 11 is 0. The van der Waals surface area contributed by atoms with Crippen LogP contribution in [-0.2, 0) is 17.8 Å². The van der Waals surface area contributed by atoms with Gasteiger partial charge in [0.05, 0.1) is 6.54 Å². The summed E-state index contributed by atoms with van der Waals surface area (Å²) in [7, 11) is 5.53. The van der Waals surface area contributed by atoms with Crippen molar-refractivity contribution in [2.45, 2.75) is 51.1 Å². The van der Waals surface area contributed by atoms with Gasteiger partial charge in [-0.3, -0.25) is 9.59 Å². The number of carbonyl (C=O) groups is 2. The number of likely N-dealkylation sites (tertiary alicyclic amines) is 1. The lowest BCUT2D eigenvalue weighted by Crippen LogP contribution is -2.39. The van der Waals surface area contributed by atoms with E-state index in [0.717, 1.165) is 24.3 Å². The van der Waals surface area contributed by atoms with E-state index in [9.17, 15) is 9.59 Å². The molecule has 3 heterocycles. The van der Waals surface area contributed by atoms with Crippen LogP contribution in [-0.4, -0.2) is 71.9 Å². The summed E-state index contributed by atoms with van der Waals surface area (Å²) < 4.78 is 5.31. The molecule has 3 rings (SSSR count). The molecule has 0 N–H and O–H groups in total. The molecule has 1 aromatic rings. The van der Waals surface area contributed by atoms with Crippen molar-refractivity contribution in [3.8, 4) is 0 Å². The van der Waals surface area contributed by atoms with Crippen LogP contribution >= 0.6 is 0 Å². The highest BCUT2D eigenvalue weighted by Crippen LogP contribution is 2.25. The van der Waals surface area contributed by atoms with Crippen molar-refractivity contribution in [3.63, 3.8) is 0 Å². The second-order valence-electron chi connectivity index (χ2n) is 7.37. The largest absolute Gasteiger partial charge is 0.360 e. The zero-order chi connectivity index (χ0) is 18.0. The monoisotopic (exact) mass is 348 g/mol. The molecule has 2 aliphatic heterocycles. The maximum atomic E-state index is 12.7. The first-order chi connectivity index (χ1) is 12.0. The van der Waals surface area contributed by atoms with E-state index in [-0.39, 0.29) is 11.8 Å². The number of nitrogens with zero attached hydrogens (tertiary/aromatic N) is 4. The zero-order valence-electron chi connectivity index (χ0n) is 15.5. The summed E-state index contributed by atoms with van der Waals surface area (Å²) in [5.74, 6) is 0.721. The molecule has 0 aromatic carbocycles. The predicted octanol–water partition coefficient (Wildman–Crippen LogP) is 1.53. The summed E-state index contributed by atoms with van der Waals surface area (Å²) in [5, 5.41) is 3.93. The normalized spacial score (nSPS) is 21.1. The van der Waals surface area contributed by atoms with Gasteiger partial charge in [0.25, 0.3) is 5.91 Å². The Balaban J connectivity index is 1.61. The molecule has 7 heteroatoms. The van der Waals surface area contributed by atoms with E-state index in [1.807, 2.05) is 4.90 Å². The highest BCUT2D eigenvalue weighted by Gasteiger charge is 2.30. The quantitative estimate of drug-likeness (QED) is 0.825. The fourth-order valence-electron chi connectivity index (χ4n) is 3.76. The summed E-state index contributed by atoms with van der Waals surface area (Å²) in [4.78, 5) is 30.6. The van der Waals surface area contributed by atoms with Gasteiger partial charge in [0.15, 0.2) is 5.69 Å². The van der Waals surface area contributed by atoms with Crippen LogP contribution in [0.3, 0.4) is 0 Å². The van der Waals surface area contributed by atoms with Crippen molar-refractivity contribution in [2.75, 3.05) is 34.2 Å². The summed E-state index contributed by atoms with van der Waals surface area (Å²) in [5.41, 5.74) is 1.11. The maximum Gasteiger partial charge on any atom is 0.275 e. The van der Waals surface area contributed by atoms with Crippen LogP contribution in [0.5, 0.6) is 0 Å². The van der Waals surface area contributed by atoms with Gasteiger partial charge in [0.2, 0.25) is 5.91 Å². The topological polar surface area (TPSA) is 69.9 Å². The van der Waals surface area contributed by atoms with Crippen LogP contribution in [0.4, 0.5) is 0 Å². The van der Waals surface area contributed by atoms with E-state index in [1.165, 1.54) is 24.2 Å². The molecule has 2 aliphatic rings. The Hall–Kier alpha value is -1.89. The van der Waals surface area contributed by atoms with E-state index in [2.05, 4.69) is 17.1 Å². The molecule has 0 unspecified atom stereocenters. The number of piperidine rings is 1. The molecule has 0 bridgehead atoms. The number of hydrogen-bond acceptors (Lipinski definition) is 5. The van der Waals surface area contributed by atoms with E-state index in [0.29, 0.717) is 37.7 Å². The maximum absolute atomic E-state index is 12.7. The van der Waals surface area contributed by atoms with Gasteiger partial charge in [-0.15, -0.1) is 0 Å². The van der Waals surface area contributed by atoms with E-state index < -0.39 is 0 Å². The van der Waals surface area contributed by atoms with Crippen LogP contribution in [0.2, 0.25) is 0 Å². The zero-order valence-corrected chi connectivity index (χ0v) is 15.5. The summed E-state index contributed by atoms with van der Waals surface area (Å²) in [6.45, 7) is 2.19. The molecule has 1 atom stereocenters. The van der Waals surface area contributed by atoms with Crippen molar-refractivity contribution in [3.05, 3.63) is 17.0 Å². The average molecular weight is 348 g/mol. The van der Waals surface area contributed by atoms with Crippen molar-refractivity contribution in [1.29, 1.82) is 0 Å². The van der Waals surface area contributed by atoms with Crippen LogP contribution < -0.4 is 0 Å². The highest BCUT2D eigenvalue weighted by molar-refractivity contribution is 5.93. The minimum atomic E-state index is -0.178. The molecule has 1 saturated heterocycles. The van der Waals surface area contributed by atoms with Crippen LogP contribution in [0.15, 0.2) is 4.52 Å². The van der Waals surface area contributed by atoms with Crippen molar-refractivity contribution >= 4 is 11.8 Å². The predicted molar refractivity (Wildman–Crippen MR) is 93.1 cm³/mol. The molecule has 25 heavy (non-hydrogen) atoms. The Morgan fingerprint density at radius 3 is 2.80 bits per heavy atom. The molecular weight excluding hydrogens is 320 g/mol. The summed E-state index contributed by atoms with van der Waals surface area (Å²) in [6.07, 6.45) is 5.79. The molecule has 2 amide bonds. The molecule has 0 spiro atoms. The Morgan fingerprint density at radius 2 is 2.08 bits per heavy atom. The van der Waals surface area contributed by atoms with E-state index in [4.69, 9.17) is 4.52 Å². The molecule has 7 nitrogen and oxygen atoms in total. The van der Waals surface area contributed by atoms with Gasteiger partial charge in [0, 0.05) is 45.1 Å². The van der Waals surface area contributed by atoms with Gasteiger partial charge in [-0.05, 0) is 32.9 Å². The van der Waals surface area contributed by atoms with Crippen molar-refractivity contribution < 1.29 is 14.1 Å². The van der Waals surface area contributed by atoms with Crippen molar-refractivity contribution in [1.82, 2.24) is 19.9 Å². The Bertz CT molecular complexity index is 640. The third-order valence-corrected chi connectivity index (χ3v) is 5.40. The third-order valence-electron chi connectivity index (χ3n) is 5.40.